The molecule has 0 aliphatic carbocycles. The van der Waals surface area contributed by atoms with Gasteiger partial charge in [0.25, 0.3) is 11.6 Å². The first-order chi connectivity index (χ1) is 26.5. The van der Waals surface area contributed by atoms with Gasteiger partial charge in [-0.3, -0.25) is 24.4 Å². The maximum Gasteiger partial charge on any atom is 0.269 e. The van der Waals surface area contributed by atoms with Crippen molar-refractivity contribution in [3.63, 3.8) is 0 Å². The summed E-state index contributed by atoms with van der Waals surface area (Å²) in [5, 5.41) is 37.5. The summed E-state index contributed by atoms with van der Waals surface area (Å²) in [6.45, 7) is 8.87. The van der Waals surface area contributed by atoms with Crippen LogP contribution in [0.15, 0.2) is 72.9 Å². The number of hydrogen-bond donors (Lipinski definition) is 3. The van der Waals surface area contributed by atoms with Crippen LogP contribution in [0.3, 0.4) is 0 Å². The highest BCUT2D eigenvalue weighted by Gasteiger charge is 2.66. The van der Waals surface area contributed by atoms with Crippen LogP contribution in [0.4, 0.5) is 17.1 Å². The van der Waals surface area contributed by atoms with Crippen LogP contribution in [0.2, 0.25) is 18.6 Å². The Labute approximate surface area is 321 Å². The number of aliphatic hydroxyl groups is 1. The average Bonchev–Trinajstić information content (AvgIpc) is 3.84. The van der Waals surface area contributed by atoms with Crippen molar-refractivity contribution in [3.05, 3.63) is 99.9 Å². The van der Waals surface area contributed by atoms with Gasteiger partial charge < -0.3 is 30.1 Å². The quantitative estimate of drug-likeness (QED) is 0.0998. The SMILES string of the molecule is COc1ccc([Si](C)(C)[C@@H]2[C@@H](CCn3cc(CCO)nn3)O[C@]3(C(=O)N(Cc4ccc(NC(=O)C5CCCNC5)cc4)c4ccc([N+](=O)[O-])cc43)[C@H]2C)cc1. The number of anilines is 2. The number of rotatable bonds is 13. The van der Waals surface area contributed by atoms with E-state index in [0.717, 1.165) is 30.7 Å². The number of benzene rings is 3. The van der Waals surface area contributed by atoms with Gasteiger partial charge in [0.05, 0.1) is 50.1 Å². The number of ether oxygens (including phenoxy) is 2. The first-order valence-corrected chi connectivity index (χ1v) is 22.1. The van der Waals surface area contributed by atoms with Gasteiger partial charge in [-0.15, -0.1) is 5.10 Å². The number of amides is 2. The summed E-state index contributed by atoms with van der Waals surface area (Å²) in [6, 6.07) is 20.2. The molecule has 55 heavy (non-hydrogen) atoms. The molecule has 1 aromatic heterocycles. The van der Waals surface area contributed by atoms with E-state index in [2.05, 4.69) is 53.1 Å². The molecule has 14 nitrogen and oxygen atoms in total. The lowest BCUT2D eigenvalue weighted by Gasteiger charge is -2.37. The molecule has 0 saturated carbocycles. The number of carbonyl (C=O) groups excluding carboxylic acids is 2. The Bertz CT molecular complexity index is 2030. The number of nitrogens with one attached hydrogen (secondary N) is 2. The first kappa shape index (κ1) is 38.3. The van der Waals surface area contributed by atoms with Crippen LogP contribution in [0.1, 0.15) is 43.0 Å². The zero-order valence-corrected chi connectivity index (χ0v) is 32.7. The zero-order valence-electron chi connectivity index (χ0n) is 31.7. The van der Waals surface area contributed by atoms with Crippen LogP contribution >= 0.6 is 0 Å². The molecular weight excluding hydrogens is 719 g/mol. The lowest BCUT2D eigenvalue weighted by atomic mass is 9.82. The summed E-state index contributed by atoms with van der Waals surface area (Å²) in [4.78, 5) is 41.5. The molecule has 5 atom stereocenters. The molecule has 3 N–H and O–H groups in total. The van der Waals surface area contributed by atoms with Crippen molar-refractivity contribution >= 4 is 42.1 Å². The molecule has 0 radical (unpaired) electrons. The van der Waals surface area contributed by atoms with E-state index in [0.29, 0.717) is 48.6 Å². The molecule has 4 aromatic rings. The molecule has 2 amide bonds. The van der Waals surface area contributed by atoms with Crippen molar-refractivity contribution < 1.29 is 29.1 Å². The third-order valence-electron chi connectivity index (χ3n) is 11.9. The second kappa shape index (κ2) is 15.6. The van der Waals surface area contributed by atoms with Crippen LogP contribution in [-0.4, -0.2) is 77.8 Å². The highest BCUT2D eigenvalue weighted by Crippen LogP contribution is 2.60. The van der Waals surface area contributed by atoms with Gasteiger partial charge in [0, 0.05) is 61.6 Å². The normalized spacial score (nSPS) is 23.6. The van der Waals surface area contributed by atoms with Crippen molar-refractivity contribution in [2.24, 2.45) is 11.8 Å². The summed E-state index contributed by atoms with van der Waals surface area (Å²) >= 11 is 0. The largest absolute Gasteiger partial charge is 0.497 e. The second-order valence-corrected chi connectivity index (χ2v) is 20.2. The van der Waals surface area contributed by atoms with Gasteiger partial charge in [-0.25, -0.2) is 0 Å². The number of piperidine rings is 1. The summed E-state index contributed by atoms with van der Waals surface area (Å²) in [5.74, 6) is 0.0509. The number of nitro groups is 1. The highest BCUT2D eigenvalue weighted by atomic mass is 28.3. The van der Waals surface area contributed by atoms with Gasteiger partial charge in [0.1, 0.15) is 5.75 Å². The number of fused-ring (bicyclic) bond motifs is 2. The van der Waals surface area contributed by atoms with Crippen LogP contribution in [0.25, 0.3) is 0 Å². The van der Waals surface area contributed by atoms with Crippen molar-refractivity contribution in [3.8, 4) is 5.75 Å². The summed E-state index contributed by atoms with van der Waals surface area (Å²) < 4.78 is 14.4. The molecule has 3 aromatic carbocycles. The monoisotopic (exact) mass is 767 g/mol. The molecule has 2 saturated heterocycles. The Morgan fingerprint density at radius 2 is 1.93 bits per heavy atom. The minimum absolute atomic E-state index is 0.0147. The van der Waals surface area contributed by atoms with E-state index in [4.69, 9.17) is 9.47 Å². The van der Waals surface area contributed by atoms with Crippen molar-refractivity contribution in [2.45, 2.75) is 76.0 Å². The summed E-state index contributed by atoms with van der Waals surface area (Å²) in [5.41, 5.74) is 1.62. The summed E-state index contributed by atoms with van der Waals surface area (Å²) in [7, 11) is -0.829. The Balaban J connectivity index is 1.23. The number of hydrogen-bond acceptors (Lipinski definition) is 10. The van der Waals surface area contributed by atoms with Gasteiger partial charge in [-0.1, -0.05) is 54.7 Å². The topological polar surface area (TPSA) is 174 Å². The smallest absolute Gasteiger partial charge is 0.269 e. The van der Waals surface area contributed by atoms with Crippen LogP contribution in [-0.2, 0) is 39.4 Å². The van der Waals surface area contributed by atoms with E-state index in [1.54, 1.807) is 22.8 Å². The third kappa shape index (κ3) is 7.28. The highest BCUT2D eigenvalue weighted by molar-refractivity contribution is 6.91. The number of carbonyl (C=O) groups is 2. The molecule has 3 aliphatic rings. The van der Waals surface area contributed by atoms with Gasteiger partial charge >= 0.3 is 0 Å². The minimum atomic E-state index is -2.46. The predicted molar refractivity (Wildman–Crippen MR) is 210 cm³/mol. The molecule has 15 heteroatoms. The molecule has 2 fully saturated rings. The Morgan fingerprint density at radius 3 is 2.60 bits per heavy atom. The third-order valence-corrected chi connectivity index (χ3v) is 16.2. The predicted octanol–water partition coefficient (Wildman–Crippen LogP) is 4.52. The van der Waals surface area contributed by atoms with Crippen molar-refractivity contribution in [2.75, 3.05) is 37.0 Å². The first-order valence-electron chi connectivity index (χ1n) is 19.0. The van der Waals surface area contributed by atoms with Crippen LogP contribution < -0.4 is 25.5 Å². The Kier molecular flexibility index (Phi) is 10.9. The van der Waals surface area contributed by atoms with E-state index in [9.17, 15) is 20.0 Å². The lowest BCUT2D eigenvalue weighted by Crippen LogP contribution is -2.51. The standard InChI is InChI=1S/C40H49N7O7Si/c1-26-37(55(3,4)33-14-12-32(53-2)13-15-33)36(17-20-45-25-30(18-21-48)43-44-45)54-40(26)34-22-31(47(51)52)11-16-35(34)46(39(40)50)24-27-7-9-29(10-8-27)42-38(49)28-6-5-19-41-23-28/h7-16,22,25-26,28,36-37,41,48H,5-6,17-21,23-24H2,1-4H3,(H,42,49)/t26-,28?,36+,37-,40+/m0/s1. The molecule has 3 aliphatic heterocycles. The molecule has 1 unspecified atom stereocenters. The van der Waals surface area contributed by atoms with E-state index >= 15 is 4.79 Å². The fraction of sp³-hybridized carbons (Fsp3) is 0.450. The van der Waals surface area contributed by atoms with Crippen molar-refractivity contribution in [1.29, 1.82) is 0 Å². The second-order valence-electron chi connectivity index (χ2n) is 15.5. The molecular formula is C40H49N7O7Si. The number of non-ortho nitro benzene ring substituents is 1. The average molecular weight is 768 g/mol. The van der Waals surface area contributed by atoms with E-state index in [-0.39, 0.29) is 48.0 Å². The summed E-state index contributed by atoms with van der Waals surface area (Å²) in [6.07, 6.45) is 4.15. The Morgan fingerprint density at radius 1 is 1.16 bits per heavy atom. The molecule has 1 spiro atoms. The minimum Gasteiger partial charge on any atom is -0.497 e. The van der Waals surface area contributed by atoms with Gasteiger partial charge in [-0.2, -0.15) is 0 Å². The molecule has 0 bridgehead atoms. The molecule has 290 valence electrons. The van der Waals surface area contributed by atoms with Crippen LogP contribution in [0.5, 0.6) is 5.75 Å². The zero-order chi connectivity index (χ0) is 38.9. The maximum atomic E-state index is 15.2. The molecule has 7 rings (SSSR count). The maximum absolute atomic E-state index is 15.2. The number of aryl methyl sites for hydroxylation is 1. The number of nitrogens with zero attached hydrogens (tertiary/aromatic N) is 5. The molecule has 4 heterocycles. The number of aliphatic hydroxyl groups excluding tert-OH is 1. The number of methoxy groups -OCH3 is 1. The number of aromatic nitrogens is 3. The number of nitro benzene ring substituents is 1. The van der Waals surface area contributed by atoms with E-state index in [1.807, 2.05) is 42.6 Å². The fourth-order valence-electron chi connectivity index (χ4n) is 8.97. The van der Waals surface area contributed by atoms with Crippen LogP contribution in [0, 0.1) is 22.0 Å². The van der Waals surface area contributed by atoms with E-state index < -0.39 is 24.7 Å². The lowest BCUT2D eigenvalue weighted by molar-refractivity contribution is -0.385. The van der Waals surface area contributed by atoms with Gasteiger partial charge in [0.15, 0.2) is 5.60 Å². The van der Waals surface area contributed by atoms with Gasteiger partial charge in [-0.05, 0) is 67.2 Å². The van der Waals surface area contributed by atoms with Gasteiger partial charge in [0.2, 0.25) is 5.91 Å². The van der Waals surface area contributed by atoms with Crippen molar-refractivity contribution in [1.82, 2.24) is 20.3 Å². The fourth-order valence-corrected chi connectivity index (χ4v) is 13.0. The van der Waals surface area contributed by atoms with E-state index in [1.165, 1.54) is 17.3 Å². The Hall–Kier alpha value is -4.96.